The van der Waals surface area contributed by atoms with E-state index >= 15 is 0 Å². The maximum absolute atomic E-state index is 14.7. The van der Waals surface area contributed by atoms with E-state index in [9.17, 15) is 19.5 Å². The molecule has 1 spiro atoms. The molecule has 1 aromatic carbocycles. The van der Waals surface area contributed by atoms with Crippen LogP contribution in [0.5, 0.6) is 0 Å². The number of likely N-dealkylation sites (tertiary alicyclic amines) is 1. The fourth-order valence-electron chi connectivity index (χ4n) is 6.80. The zero-order valence-electron chi connectivity index (χ0n) is 23.3. The van der Waals surface area contributed by atoms with Crippen molar-refractivity contribution < 1.29 is 29.0 Å². The highest BCUT2D eigenvalue weighted by Crippen LogP contribution is 2.60. The number of nitrogens with zero attached hydrogens (tertiary/aromatic N) is 5. The number of halogens is 1. The first-order valence-electron chi connectivity index (χ1n) is 13.9. The molecule has 3 fully saturated rings. The summed E-state index contributed by atoms with van der Waals surface area (Å²) in [6.07, 6.45) is 3.26. The summed E-state index contributed by atoms with van der Waals surface area (Å²) in [7, 11) is 0. The molecule has 12 heteroatoms. The molecule has 3 aliphatic rings. The van der Waals surface area contributed by atoms with Gasteiger partial charge in [0, 0.05) is 11.4 Å². The predicted octanol–water partition coefficient (Wildman–Crippen LogP) is 2.29. The van der Waals surface area contributed by atoms with Crippen LogP contribution in [0.25, 0.3) is 11.0 Å². The van der Waals surface area contributed by atoms with Crippen molar-refractivity contribution in [2.75, 3.05) is 19.8 Å². The molecular formula is C29H36BrN5O6. The maximum Gasteiger partial charge on any atom is 0.312 e. The van der Waals surface area contributed by atoms with Gasteiger partial charge in [0.25, 0.3) is 0 Å². The number of para-hydroxylation sites is 1. The minimum absolute atomic E-state index is 0.000574. The fourth-order valence-corrected chi connectivity index (χ4v) is 7.74. The van der Waals surface area contributed by atoms with Gasteiger partial charge in [0.1, 0.15) is 30.4 Å². The molecule has 4 heterocycles. The highest BCUT2D eigenvalue weighted by Gasteiger charge is 2.77. The van der Waals surface area contributed by atoms with Gasteiger partial charge in [-0.2, -0.15) is 0 Å². The number of carbonyl (C=O) groups is 3. The van der Waals surface area contributed by atoms with Crippen LogP contribution in [0.1, 0.15) is 26.7 Å². The molecule has 3 unspecified atom stereocenters. The highest BCUT2D eigenvalue weighted by atomic mass is 79.9. The number of fused-ring (bicyclic) bond motifs is 2. The van der Waals surface area contributed by atoms with Crippen molar-refractivity contribution >= 4 is 44.7 Å². The van der Waals surface area contributed by atoms with Gasteiger partial charge in [-0.1, -0.05) is 65.9 Å². The lowest BCUT2D eigenvalue weighted by molar-refractivity contribution is -0.156. The van der Waals surface area contributed by atoms with Crippen LogP contribution in [0.15, 0.2) is 49.6 Å². The minimum Gasteiger partial charge on any atom is -0.461 e. The van der Waals surface area contributed by atoms with Gasteiger partial charge < -0.3 is 24.4 Å². The molecule has 5 rings (SSSR count). The zero-order valence-corrected chi connectivity index (χ0v) is 24.9. The third-order valence-electron chi connectivity index (χ3n) is 8.31. The van der Waals surface area contributed by atoms with Crippen molar-refractivity contribution in [1.82, 2.24) is 24.8 Å². The Labute approximate surface area is 247 Å². The number of aliphatic hydroxyl groups excluding tert-OH is 1. The second-order valence-corrected chi connectivity index (χ2v) is 12.5. The molecular weight excluding hydrogens is 594 g/mol. The first-order valence-corrected chi connectivity index (χ1v) is 14.8. The van der Waals surface area contributed by atoms with Gasteiger partial charge in [-0.25, -0.2) is 4.68 Å². The van der Waals surface area contributed by atoms with Crippen LogP contribution >= 0.6 is 15.9 Å². The number of aliphatic hydroxyl groups is 1. The van der Waals surface area contributed by atoms with Gasteiger partial charge in [0.15, 0.2) is 0 Å². The number of aromatic nitrogens is 3. The van der Waals surface area contributed by atoms with Crippen LogP contribution in [-0.2, 0) is 30.5 Å². The topological polar surface area (TPSA) is 127 Å². The first-order chi connectivity index (χ1) is 19.7. The number of amides is 2. The van der Waals surface area contributed by atoms with E-state index in [4.69, 9.17) is 9.47 Å². The van der Waals surface area contributed by atoms with E-state index in [1.54, 1.807) is 15.7 Å². The summed E-state index contributed by atoms with van der Waals surface area (Å²) in [5.41, 5.74) is 0.160. The van der Waals surface area contributed by atoms with Crippen LogP contribution < -0.4 is 0 Å². The van der Waals surface area contributed by atoms with Crippen molar-refractivity contribution in [3.8, 4) is 0 Å². The highest BCUT2D eigenvalue weighted by molar-refractivity contribution is 9.09. The van der Waals surface area contributed by atoms with Crippen LogP contribution in [0.2, 0.25) is 0 Å². The Balaban J connectivity index is 1.57. The van der Waals surface area contributed by atoms with Gasteiger partial charge in [-0.3, -0.25) is 14.4 Å². The van der Waals surface area contributed by atoms with E-state index in [-0.39, 0.29) is 49.0 Å². The van der Waals surface area contributed by atoms with Crippen molar-refractivity contribution in [3.63, 3.8) is 0 Å². The molecule has 41 heavy (non-hydrogen) atoms. The molecule has 11 nitrogen and oxygen atoms in total. The van der Waals surface area contributed by atoms with Gasteiger partial charge in [0.05, 0.1) is 36.1 Å². The predicted molar refractivity (Wildman–Crippen MR) is 153 cm³/mol. The number of hydrogen-bond acceptors (Lipinski definition) is 8. The SMILES string of the molecule is C=CCOC(=O)[C@H]1[C@H]2C(=O)N([C@@H](CO)CC(C)C)C(C(=O)N(CC=C)Cn3nnc4ccccc43)C23CC(Br)[C@@H]1O3. The Bertz CT molecular complexity index is 1350. The fraction of sp³-hybridized carbons (Fsp3) is 0.552. The van der Waals surface area contributed by atoms with Crippen LogP contribution in [0.4, 0.5) is 0 Å². The Kier molecular flexibility index (Phi) is 8.36. The quantitative estimate of drug-likeness (QED) is 0.215. The van der Waals surface area contributed by atoms with E-state index in [1.807, 2.05) is 38.1 Å². The van der Waals surface area contributed by atoms with E-state index in [1.165, 1.54) is 11.0 Å². The summed E-state index contributed by atoms with van der Waals surface area (Å²) in [6, 6.07) is 5.72. The van der Waals surface area contributed by atoms with E-state index in [0.717, 1.165) is 5.52 Å². The molecule has 7 atom stereocenters. The molecule has 0 saturated carbocycles. The lowest BCUT2D eigenvalue weighted by Crippen LogP contribution is -2.59. The van der Waals surface area contributed by atoms with Crippen molar-refractivity contribution in [2.24, 2.45) is 17.8 Å². The zero-order chi connectivity index (χ0) is 29.5. The molecule has 2 amide bonds. The van der Waals surface area contributed by atoms with Crippen molar-refractivity contribution in [1.29, 1.82) is 0 Å². The smallest absolute Gasteiger partial charge is 0.312 e. The second kappa shape index (κ2) is 11.7. The van der Waals surface area contributed by atoms with Gasteiger partial charge in [-0.15, -0.1) is 11.7 Å². The Morgan fingerprint density at radius 3 is 2.76 bits per heavy atom. The van der Waals surface area contributed by atoms with Crippen molar-refractivity contribution in [2.45, 2.75) is 62.0 Å². The molecule has 1 N–H and O–H groups in total. The number of benzene rings is 1. The number of ether oxygens (including phenoxy) is 2. The summed E-state index contributed by atoms with van der Waals surface area (Å²) >= 11 is 3.66. The number of esters is 1. The van der Waals surface area contributed by atoms with Gasteiger partial charge >= 0.3 is 5.97 Å². The average molecular weight is 631 g/mol. The normalized spacial score (nSPS) is 29.1. The first kappa shape index (κ1) is 29.4. The summed E-state index contributed by atoms with van der Waals surface area (Å²) in [6.45, 7) is 11.3. The molecule has 0 radical (unpaired) electrons. The van der Waals surface area contributed by atoms with Crippen LogP contribution in [0, 0.1) is 17.8 Å². The van der Waals surface area contributed by atoms with E-state index < -0.39 is 41.6 Å². The van der Waals surface area contributed by atoms with Crippen LogP contribution in [0.3, 0.4) is 0 Å². The molecule has 1 aromatic heterocycles. The van der Waals surface area contributed by atoms with E-state index in [2.05, 4.69) is 39.4 Å². The molecule has 2 aromatic rings. The van der Waals surface area contributed by atoms with Crippen molar-refractivity contribution in [3.05, 3.63) is 49.6 Å². The third kappa shape index (κ3) is 4.89. The second-order valence-electron chi connectivity index (χ2n) is 11.4. The van der Waals surface area contributed by atoms with Gasteiger partial charge in [-0.05, 0) is 30.9 Å². The number of alkyl halides is 1. The maximum atomic E-state index is 14.7. The van der Waals surface area contributed by atoms with Gasteiger partial charge in [0.2, 0.25) is 11.8 Å². The Morgan fingerprint density at radius 2 is 2.07 bits per heavy atom. The summed E-state index contributed by atoms with van der Waals surface area (Å²) in [5.74, 6) is -3.00. The molecule has 220 valence electrons. The largest absolute Gasteiger partial charge is 0.461 e. The Morgan fingerprint density at radius 1 is 1.32 bits per heavy atom. The van der Waals surface area contributed by atoms with Crippen LogP contribution in [-0.4, -0.2) is 96.1 Å². The molecule has 3 saturated heterocycles. The standard InChI is InChI=1S/C29H36BrN5O6/c1-5-11-33(16-34-21-10-8-7-9-20(21)31-32-34)27(38)25-29-14-19(30)24(41-29)22(28(39)40-12-6-2)23(29)26(37)35(25)18(15-36)13-17(3)4/h5-10,17-19,22-25,36H,1-2,11-16H2,3-4H3/t18-,19?,22+,23+,24+,25?,29?/m1/s1. The lowest BCUT2D eigenvalue weighted by atomic mass is 9.70. The molecule has 2 bridgehead atoms. The summed E-state index contributed by atoms with van der Waals surface area (Å²) < 4.78 is 13.6. The number of carbonyl (C=O) groups excluding carboxylic acids is 3. The number of rotatable bonds is 12. The third-order valence-corrected chi connectivity index (χ3v) is 9.16. The number of hydrogen-bond donors (Lipinski definition) is 1. The minimum atomic E-state index is -1.28. The molecule has 3 aliphatic heterocycles. The average Bonchev–Trinajstić information content (AvgIpc) is 3.67. The monoisotopic (exact) mass is 629 g/mol. The lowest BCUT2D eigenvalue weighted by Gasteiger charge is -2.39. The summed E-state index contributed by atoms with van der Waals surface area (Å²) in [5, 5.41) is 18.9. The summed E-state index contributed by atoms with van der Waals surface area (Å²) in [4.78, 5) is 45.0. The Hall–Kier alpha value is -3.09. The van der Waals surface area contributed by atoms with E-state index in [0.29, 0.717) is 18.4 Å². The molecule has 0 aliphatic carbocycles.